The van der Waals surface area contributed by atoms with Gasteiger partial charge in [-0.15, -0.1) is 0 Å². The van der Waals surface area contributed by atoms with Gasteiger partial charge in [0.2, 0.25) is 0 Å². The van der Waals surface area contributed by atoms with Crippen molar-refractivity contribution in [3.8, 4) is 0 Å². The van der Waals surface area contributed by atoms with E-state index in [2.05, 4.69) is 47.6 Å². The molecule has 1 aliphatic carbocycles. The molecule has 8 nitrogen and oxygen atoms in total. The molecule has 3 aromatic rings. The standard InChI is InChI=1S/C24H28N4O4/c1-24(2,14-31-3)16-9-10-17-15(12-16)8-11-19(17)26-22(29)28(23(30)32-4)21-7-5-6-20-18(21)13-25-27-20/h5-7,9-10,12-13,19H,8,11,14H2,1-4H3,(H,25,27)(H,26,29). The zero-order chi connectivity index (χ0) is 22.9. The predicted molar refractivity (Wildman–Crippen MR) is 122 cm³/mol. The molecule has 1 atom stereocenters. The summed E-state index contributed by atoms with van der Waals surface area (Å²) in [6, 6.07) is 10.9. The van der Waals surface area contributed by atoms with Gasteiger partial charge in [0.1, 0.15) is 0 Å². The van der Waals surface area contributed by atoms with Gasteiger partial charge in [0.05, 0.1) is 37.2 Å². The van der Waals surface area contributed by atoms with Gasteiger partial charge in [-0.25, -0.2) is 9.59 Å². The smallest absolute Gasteiger partial charge is 0.422 e. The molecule has 0 bridgehead atoms. The van der Waals surface area contributed by atoms with Gasteiger partial charge in [0.15, 0.2) is 0 Å². The fourth-order valence-electron chi connectivity index (χ4n) is 4.38. The fraction of sp³-hybridized carbons (Fsp3) is 0.375. The van der Waals surface area contributed by atoms with Crippen molar-refractivity contribution in [2.45, 2.75) is 38.1 Å². The molecule has 3 amide bonds. The molecular formula is C24H28N4O4. The summed E-state index contributed by atoms with van der Waals surface area (Å²) < 4.78 is 10.3. The number of aromatic nitrogens is 2. The Hall–Kier alpha value is -3.39. The van der Waals surface area contributed by atoms with Gasteiger partial charge in [0, 0.05) is 17.9 Å². The lowest BCUT2D eigenvalue weighted by Gasteiger charge is -2.26. The Balaban J connectivity index is 1.60. The monoisotopic (exact) mass is 436 g/mol. The molecule has 0 fully saturated rings. The largest absolute Gasteiger partial charge is 0.452 e. The highest BCUT2D eigenvalue weighted by Gasteiger charge is 2.32. The molecule has 1 aliphatic rings. The number of nitrogens with one attached hydrogen (secondary N) is 2. The number of urea groups is 1. The van der Waals surface area contributed by atoms with Crippen LogP contribution < -0.4 is 10.2 Å². The van der Waals surface area contributed by atoms with E-state index in [9.17, 15) is 9.59 Å². The van der Waals surface area contributed by atoms with E-state index in [-0.39, 0.29) is 11.5 Å². The van der Waals surface area contributed by atoms with Crippen LogP contribution in [0.15, 0.2) is 42.6 Å². The van der Waals surface area contributed by atoms with Crippen LogP contribution in [0.2, 0.25) is 0 Å². The lowest BCUT2D eigenvalue weighted by Crippen LogP contribution is -2.45. The maximum Gasteiger partial charge on any atom is 0.422 e. The Labute approximate surface area is 186 Å². The lowest BCUT2D eigenvalue weighted by molar-refractivity contribution is 0.146. The molecular weight excluding hydrogens is 408 g/mol. The fourth-order valence-corrected chi connectivity index (χ4v) is 4.38. The summed E-state index contributed by atoms with van der Waals surface area (Å²) in [7, 11) is 2.96. The highest BCUT2D eigenvalue weighted by molar-refractivity contribution is 6.16. The zero-order valence-electron chi connectivity index (χ0n) is 18.8. The Bertz CT molecular complexity index is 1150. The second-order valence-electron chi connectivity index (χ2n) is 8.69. The van der Waals surface area contributed by atoms with E-state index in [1.54, 1.807) is 25.4 Å². The second-order valence-corrected chi connectivity index (χ2v) is 8.69. The number of aryl methyl sites for hydroxylation is 1. The van der Waals surface area contributed by atoms with Crippen LogP contribution in [0, 0.1) is 0 Å². The Kier molecular flexibility index (Phi) is 5.88. The van der Waals surface area contributed by atoms with Crippen LogP contribution in [0.1, 0.15) is 43.0 Å². The molecule has 8 heteroatoms. The first kappa shape index (κ1) is 21.8. The summed E-state index contributed by atoms with van der Waals surface area (Å²) in [4.78, 5) is 26.8. The van der Waals surface area contributed by atoms with Gasteiger partial charge in [-0.3, -0.25) is 5.10 Å². The van der Waals surface area contributed by atoms with E-state index < -0.39 is 12.1 Å². The third-order valence-corrected chi connectivity index (χ3v) is 6.07. The number of hydrogen-bond acceptors (Lipinski definition) is 5. The summed E-state index contributed by atoms with van der Waals surface area (Å²) >= 11 is 0. The summed E-state index contributed by atoms with van der Waals surface area (Å²) in [5.74, 6) is 0. The summed E-state index contributed by atoms with van der Waals surface area (Å²) in [5, 5.41) is 10.5. The first-order chi connectivity index (χ1) is 15.4. The molecule has 0 aliphatic heterocycles. The summed E-state index contributed by atoms with van der Waals surface area (Å²) in [5.41, 5.74) is 4.51. The van der Waals surface area contributed by atoms with E-state index in [1.807, 2.05) is 6.07 Å². The van der Waals surface area contributed by atoms with E-state index >= 15 is 0 Å². The van der Waals surface area contributed by atoms with Gasteiger partial charge in [-0.2, -0.15) is 10.00 Å². The molecule has 1 aromatic heterocycles. The number of methoxy groups -OCH3 is 2. The highest BCUT2D eigenvalue weighted by Crippen LogP contribution is 2.35. The van der Waals surface area contributed by atoms with Crippen LogP contribution in [0.25, 0.3) is 10.9 Å². The van der Waals surface area contributed by atoms with E-state index in [0.717, 1.165) is 28.8 Å². The lowest BCUT2D eigenvalue weighted by atomic mass is 9.84. The van der Waals surface area contributed by atoms with Crippen molar-refractivity contribution in [1.29, 1.82) is 0 Å². The third-order valence-electron chi connectivity index (χ3n) is 6.07. The molecule has 1 heterocycles. The van der Waals surface area contributed by atoms with Crippen LogP contribution in [0.4, 0.5) is 15.3 Å². The number of imide groups is 1. The van der Waals surface area contributed by atoms with Gasteiger partial charge in [0.25, 0.3) is 0 Å². The van der Waals surface area contributed by atoms with Gasteiger partial charge in [-0.05, 0) is 41.7 Å². The molecule has 32 heavy (non-hydrogen) atoms. The molecule has 0 spiro atoms. The van der Waals surface area contributed by atoms with E-state index in [4.69, 9.17) is 9.47 Å². The molecule has 168 valence electrons. The van der Waals surface area contributed by atoms with Gasteiger partial charge in [-0.1, -0.05) is 38.1 Å². The number of carbonyl (C=O) groups excluding carboxylic acids is 2. The van der Waals surface area contributed by atoms with Crippen LogP contribution in [-0.2, 0) is 21.3 Å². The normalized spacial score (nSPS) is 15.4. The number of anilines is 1. The number of ether oxygens (including phenoxy) is 2. The molecule has 0 saturated carbocycles. The van der Waals surface area contributed by atoms with Crippen molar-refractivity contribution < 1.29 is 19.1 Å². The van der Waals surface area contributed by atoms with Gasteiger partial charge >= 0.3 is 12.1 Å². The number of carbonyl (C=O) groups is 2. The van der Waals surface area contributed by atoms with Crippen molar-refractivity contribution in [2.24, 2.45) is 0 Å². The maximum atomic E-state index is 13.3. The molecule has 1 unspecified atom stereocenters. The predicted octanol–water partition coefficient (Wildman–Crippen LogP) is 4.46. The van der Waals surface area contributed by atoms with Crippen molar-refractivity contribution in [3.05, 3.63) is 59.3 Å². The molecule has 4 rings (SSSR count). The zero-order valence-corrected chi connectivity index (χ0v) is 18.8. The number of fused-ring (bicyclic) bond motifs is 2. The quantitative estimate of drug-likeness (QED) is 0.616. The van der Waals surface area contributed by atoms with Crippen molar-refractivity contribution in [3.63, 3.8) is 0 Å². The van der Waals surface area contributed by atoms with Gasteiger partial charge < -0.3 is 14.8 Å². The number of nitrogens with zero attached hydrogens (tertiary/aromatic N) is 2. The van der Waals surface area contributed by atoms with E-state index in [0.29, 0.717) is 17.7 Å². The first-order valence-electron chi connectivity index (χ1n) is 10.6. The molecule has 2 aromatic carbocycles. The summed E-state index contributed by atoms with van der Waals surface area (Å²) in [6.45, 7) is 4.92. The molecule has 0 radical (unpaired) electrons. The highest BCUT2D eigenvalue weighted by atomic mass is 16.5. The number of hydrogen-bond donors (Lipinski definition) is 2. The van der Waals surface area contributed by atoms with Crippen molar-refractivity contribution >= 4 is 28.7 Å². The second kappa shape index (κ2) is 8.63. The minimum atomic E-state index is -0.758. The average molecular weight is 437 g/mol. The SMILES string of the molecule is COCC(C)(C)c1ccc2c(c1)CCC2NC(=O)N(C(=O)OC)c1cccc2[nH]ncc12. The Morgan fingerprint density at radius 2 is 2.06 bits per heavy atom. The number of H-pyrrole nitrogens is 1. The number of aromatic amines is 1. The Morgan fingerprint density at radius 3 is 2.81 bits per heavy atom. The van der Waals surface area contributed by atoms with Crippen LogP contribution in [-0.4, -0.2) is 43.1 Å². The van der Waals surface area contributed by atoms with Crippen molar-refractivity contribution in [2.75, 3.05) is 25.7 Å². The molecule has 0 saturated heterocycles. The van der Waals surface area contributed by atoms with E-state index in [1.165, 1.54) is 18.2 Å². The molecule has 2 N–H and O–H groups in total. The average Bonchev–Trinajstić information content (AvgIpc) is 3.41. The number of benzene rings is 2. The van der Waals surface area contributed by atoms with Crippen molar-refractivity contribution in [1.82, 2.24) is 15.5 Å². The first-order valence-corrected chi connectivity index (χ1v) is 10.6. The maximum absolute atomic E-state index is 13.3. The number of amides is 3. The minimum absolute atomic E-state index is 0.101. The Morgan fingerprint density at radius 1 is 1.25 bits per heavy atom. The van der Waals surface area contributed by atoms with Crippen LogP contribution in [0.3, 0.4) is 0 Å². The third kappa shape index (κ3) is 3.93. The topological polar surface area (TPSA) is 96.5 Å². The van der Waals surface area contributed by atoms with Crippen LogP contribution in [0.5, 0.6) is 0 Å². The number of rotatable bonds is 5. The minimum Gasteiger partial charge on any atom is -0.452 e. The van der Waals surface area contributed by atoms with Crippen LogP contribution >= 0.6 is 0 Å². The summed E-state index contributed by atoms with van der Waals surface area (Å²) in [6.07, 6.45) is 2.45.